The van der Waals surface area contributed by atoms with Crippen molar-refractivity contribution in [3.63, 3.8) is 0 Å². The molecule has 1 amide bonds. The first-order valence-electron chi connectivity index (χ1n) is 9.59. The van der Waals surface area contributed by atoms with Gasteiger partial charge in [-0.05, 0) is 48.7 Å². The maximum atomic E-state index is 13.0. The molecule has 2 aromatic carbocycles. The largest absolute Gasteiger partial charge is 0.506 e. The number of anilines is 2. The topological polar surface area (TPSA) is 78.4 Å². The fourth-order valence-corrected chi connectivity index (χ4v) is 4.49. The number of nitrogens with one attached hydrogen (secondary N) is 1. The molecule has 1 fully saturated rings. The SMILES string of the molecule is O=C(Nc1cc(Cl)ccc1O)C1CCN(c2nnc(Cc3ccc(F)cc3)s2)CC1. The Morgan fingerprint density at radius 2 is 1.93 bits per heavy atom. The number of aromatic nitrogens is 2. The van der Waals surface area contributed by atoms with Gasteiger partial charge < -0.3 is 15.3 Å². The second-order valence-electron chi connectivity index (χ2n) is 7.19. The van der Waals surface area contributed by atoms with Crippen LogP contribution in [0.2, 0.25) is 5.02 Å². The summed E-state index contributed by atoms with van der Waals surface area (Å²) in [5.74, 6) is -0.533. The minimum atomic E-state index is -0.255. The molecule has 1 saturated heterocycles. The summed E-state index contributed by atoms with van der Waals surface area (Å²) in [6, 6.07) is 10.9. The van der Waals surface area contributed by atoms with E-state index in [4.69, 9.17) is 11.6 Å². The van der Waals surface area contributed by atoms with Gasteiger partial charge in [0.05, 0.1) is 5.69 Å². The van der Waals surface area contributed by atoms with E-state index in [1.807, 2.05) is 0 Å². The molecule has 9 heteroatoms. The molecule has 1 aliphatic heterocycles. The highest BCUT2D eigenvalue weighted by Gasteiger charge is 2.27. The molecule has 1 aliphatic rings. The van der Waals surface area contributed by atoms with E-state index in [2.05, 4.69) is 20.4 Å². The lowest BCUT2D eigenvalue weighted by Crippen LogP contribution is -2.38. The van der Waals surface area contributed by atoms with Crippen LogP contribution in [-0.4, -0.2) is 34.3 Å². The summed E-state index contributed by atoms with van der Waals surface area (Å²) in [5, 5.41) is 23.3. The molecule has 1 aromatic heterocycles. The van der Waals surface area contributed by atoms with Gasteiger partial charge in [-0.15, -0.1) is 10.2 Å². The Morgan fingerprint density at radius 1 is 1.20 bits per heavy atom. The van der Waals surface area contributed by atoms with Crippen LogP contribution < -0.4 is 10.2 Å². The van der Waals surface area contributed by atoms with Gasteiger partial charge in [-0.3, -0.25) is 4.79 Å². The zero-order valence-corrected chi connectivity index (χ0v) is 17.6. The Hall–Kier alpha value is -2.71. The van der Waals surface area contributed by atoms with E-state index in [1.54, 1.807) is 18.2 Å². The normalized spacial score (nSPS) is 14.7. The molecule has 0 radical (unpaired) electrons. The number of carbonyl (C=O) groups excluding carboxylic acids is 1. The molecule has 2 N–H and O–H groups in total. The van der Waals surface area contributed by atoms with Gasteiger partial charge in [0, 0.05) is 30.5 Å². The highest BCUT2D eigenvalue weighted by atomic mass is 35.5. The molecular formula is C21H20ClFN4O2S. The predicted molar refractivity (Wildman–Crippen MR) is 116 cm³/mol. The van der Waals surface area contributed by atoms with Crippen molar-refractivity contribution >= 4 is 39.7 Å². The monoisotopic (exact) mass is 446 g/mol. The number of benzene rings is 2. The lowest BCUT2D eigenvalue weighted by Gasteiger charge is -2.30. The van der Waals surface area contributed by atoms with Crippen LogP contribution in [0.1, 0.15) is 23.4 Å². The number of amides is 1. The number of aromatic hydroxyl groups is 1. The number of phenols is 1. The molecule has 30 heavy (non-hydrogen) atoms. The Kier molecular flexibility index (Phi) is 6.15. The summed E-state index contributed by atoms with van der Waals surface area (Å²) in [6.07, 6.45) is 1.97. The van der Waals surface area contributed by atoms with Gasteiger partial charge in [0.1, 0.15) is 16.6 Å². The van der Waals surface area contributed by atoms with Crippen LogP contribution in [0.3, 0.4) is 0 Å². The summed E-state index contributed by atoms with van der Waals surface area (Å²) in [4.78, 5) is 14.7. The fraction of sp³-hybridized carbons (Fsp3) is 0.286. The number of carbonyl (C=O) groups is 1. The molecule has 0 saturated carbocycles. The van der Waals surface area contributed by atoms with Crippen molar-refractivity contribution in [2.45, 2.75) is 19.3 Å². The number of hydrogen-bond donors (Lipinski definition) is 2. The molecule has 6 nitrogen and oxygen atoms in total. The third-order valence-corrected chi connectivity index (χ3v) is 6.30. The van der Waals surface area contributed by atoms with Crippen LogP contribution in [0, 0.1) is 11.7 Å². The van der Waals surface area contributed by atoms with Crippen LogP contribution in [0.4, 0.5) is 15.2 Å². The van der Waals surface area contributed by atoms with E-state index in [-0.39, 0.29) is 23.4 Å². The Labute approximate surface area is 182 Å². The van der Waals surface area contributed by atoms with Crippen molar-refractivity contribution in [3.05, 3.63) is 63.9 Å². The molecule has 3 aromatic rings. The van der Waals surface area contributed by atoms with Gasteiger partial charge in [0.15, 0.2) is 0 Å². The lowest BCUT2D eigenvalue weighted by atomic mass is 9.96. The molecule has 0 bridgehead atoms. The minimum absolute atomic E-state index is 0.00673. The van der Waals surface area contributed by atoms with Crippen molar-refractivity contribution in [2.24, 2.45) is 5.92 Å². The predicted octanol–water partition coefficient (Wildman–Crippen LogP) is 4.48. The van der Waals surface area contributed by atoms with Crippen molar-refractivity contribution in [2.75, 3.05) is 23.3 Å². The van der Waals surface area contributed by atoms with Gasteiger partial charge in [-0.25, -0.2) is 4.39 Å². The average molecular weight is 447 g/mol. The van der Waals surface area contributed by atoms with Gasteiger partial charge in [0.25, 0.3) is 0 Å². The number of piperidine rings is 1. The van der Waals surface area contributed by atoms with Crippen molar-refractivity contribution in [1.82, 2.24) is 10.2 Å². The van der Waals surface area contributed by atoms with E-state index >= 15 is 0 Å². The zero-order valence-electron chi connectivity index (χ0n) is 16.0. The van der Waals surface area contributed by atoms with E-state index in [1.165, 1.54) is 35.6 Å². The third kappa shape index (κ3) is 4.88. The summed E-state index contributed by atoms with van der Waals surface area (Å²) in [6.45, 7) is 1.40. The summed E-state index contributed by atoms with van der Waals surface area (Å²) in [7, 11) is 0. The molecule has 0 aliphatic carbocycles. The van der Waals surface area contributed by atoms with E-state index in [9.17, 15) is 14.3 Å². The number of phenolic OH excluding ortho intramolecular Hbond substituents is 1. The van der Waals surface area contributed by atoms with Crippen LogP contribution >= 0.6 is 22.9 Å². The van der Waals surface area contributed by atoms with Crippen molar-refractivity contribution in [3.8, 4) is 5.75 Å². The van der Waals surface area contributed by atoms with E-state index in [0.717, 1.165) is 15.7 Å². The average Bonchev–Trinajstić information content (AvgIpc) is 3.21. The first kappa shape index (κ1) is 20.6. The Bertz CT molecular complexity index is 1040. The summed E-state index contributed by atoms with van der Waals surface area (Å²) in [5.41, 5.74) is 1.31. The Balaban J connectivity index is 1.32. The highest BCUT2D eigenvalue weighted by molar-refractivity contribution is 7.15. The maximum absolute atomic E-state index is 13.0. The smallest absolute Gasteiger partial charge is 0.227 e. The fourth-order valence-electron chi connectivity index (χ4n) is 3.40. The molecule has 0 unspecified atom stereocenters. The first-order valence-corrected chi connectivity index (χ1v) is 10.8. The lowest BCUT2D eigenvalue weighted by molar-refractivity contribution is -0.120. The molecule has 0 spiro atoms. The molecule has 2 heterocycles. The second-order valence-corrected chi connectivity index (χ2v) is 8.67. The van der Waals surface area contributed by atoms with Gasteiger partial charge in [-0.1, -0.05) is 35.1 Å². The molecular weight excluding hydrogens is 427 g/mol. The van der Waals surface area contributed by atoms with Crippen LogP contribution in [0.15, 0.2) is 42.5 Å². The minimum Gasteiger partial charge on any atom is -0.506 e. The quantitative estimate of drug-likeness (QED) is 0.565. The van der Waals surface area contributed by atoms with Gasteiger partial charge in [-0.2, -0.15) is 0 Å². The van der Waals surface area contributed by atoms with Crippen LogP contribution in [-0.2, 0) is 11.2 Å². The van der Waals surface area contributed by atoms with Crippen molar-refractivity contribution in [1.29, 1.82) is 0 Å². The molecule has 0 atom stereocenters. The number of rotatable bonds is 5. The maximum Gasteiger partial charge on any atom is 0.227 e. The van der Waals surface area contributed by atoms with E-state index < -0.39 is 0 Å². The third-order valence-electron chi connectivity index (χ3n) is 5.08. The second kappa shape index (κ2) is 8.97. The van der Waals surface area contributed by atoms with Gasteiger partial charge in [0.2, 0.25) is 11.0 Å². The first-order chi connectivity index (χ1) is 14.5. The Morgan fingerprint density at radius 3 is 2.67 bits per heavy atom. The number of hydrogen-bond acceptors (Lipinski definition) is 6. The number of halogens is 2. The molecule has 4 rings (SSSR count). The van der Waals surface area contributed by atoms with Crippen molar-refractivity contribution < 1.29 is 14.3 Å². The standard InChI is InChI=1S/C21H20ClFN4O2S/c22-15-3-6-18(28)17(12-15)24-20(29)14-7-9-27(10-8-14)21-26-25-19(30-21)11-13-1-4-16(23)5-2-13/h1-6,12,14,28H,7-11H2,(H,24,29). The summed E-state index contributed by atoms with van der Waals surface area (Å²) >= 11 is 7.45. The highest BCUT2D eigenvalue weighted by Crippen LogP contribution is 2.30. The number of nitrogens with zero attached hydrogens (tertiary/aromatic N) is 3. The van der Waals surface area contributed by atoms with Crippen LogP contribution in [0.25, 0.3) is 0 Å². The van der Waals surface area contributed by atoms with Gasteiger partial charge >= 0.3 is 0 Å². The van der Waals surface area contributed by atoms with Crippen LogP contribution in [0.5, 0.6) is 5.75 Å². The molecule has 156 valence electrons. The van der Waals surface area contributed by atoms with E-state index in [0.29, 0.717) is 43.1 Å². The summed E-state index contributed by atoms with van der Waals surface area (Å²) < 4.78 is 13.0. The zero-order chi connectivity index (χ0) is 21.1.